The van der Waals surface area contributed by atoms with Crippen LogP contribution in [0.1, 0.15) is 118 Å². The number of aromatic hydroxyl groups is 1. The van der Waals surface area contributed by atoms with Gasteiger partial charge in [-0.15, -0.1) is 0 Å². The number of rotatable bonds is 11. The molecule has 1 aromatic carbocycles. The Kier molecular flexibility index (Phi) is 9.91. The Balaban J connectivity index is 2.34. The topological polar surface area (TPSA) is 20.2 Å². The van der Waals surface area contributed by atoms with Gasteiger partial charge in [0.15, 0.2) is 0 Å². The summed E-state index contributed by atoms with van der Waals surface area (Å²) in [7, 11) is 0. The van der Waals surface area contributed by atoms with Crippen LogP contribution in [0.15, 0.2) is 24.3 Å². The summed E-state index contributed by atoms with van der Waals surface area (Å²) in [5.74, 6) is 1.77. The Hall–Kier alpha value is -0.980. The number of benzene rings is 1. The van der Waals surface area contributed by atoms with Gasteiger partial charge in [0, 0.05) is 0 Å². The van der Waals surface area contributed by atoms with Crippen LogP contribution in [0.2, 0.25) is 0 Å². The van der Waals surface area contributed by atoms with E-state index in [4.69, 9.17) is 0 Å². The Morgan fingerprint density at radius 1 is 0.741 bits per heavy atom. The first kappa shape index (κ1) is 24.1. The fourth-order valence-electron chi connectivity index (χ4n) is 5.07. The fraction of sp³-hybridized carbons (Fsp3) is 0.769. The second kappa shape index (κ2) is 11.1. The van der Waals surface area contributed by atoms with Crippen molar-refractivity contribution in [1.82, 2.24) is 0 Å². The van der Waals surface area contributed by atoms with Gasteiger partial charge < -0.3 is 5.11 Å². The van der Waals surface area contributed by atoms with Crippen molar-refractivity contribution in [1.29, 1.82) is 0 Å². The van der Waals surface area contributed by atoms with Crippen LogP contribution in [-0.4, -0.2) is 5.11 Å². The highest BCUT2D eigenvalue weighted by atomic mass is 16.3. The molecule has 0 saturated carbocycles. The maximum Gasteiger partial charge on any atom is 0.119 e. The predicted octanol–water partition coefficient (Wildman–Crippen LogP) is 8.72. The normalized spacial score (nSPS) is 13.9. The number of phenolic OH excluding ortho intramolecular Hbond substituents is 1. The van der Waals surface area contributed by atoms with Gasteiger partial charge in [0.1, 0.15) is 5.75 Å². The molecule has 1 N–H and O–H groups in total. The standard InChI is InChI=1S/C26H46O/c1-8-16-21(22-18-14-15-19-23(22)27)17-12-10-9-11-13-20-24(25(2,3)4)26(5,6)7/h14-15,18-19,21,24,27H,8-13,16-17,20H2,1-7H3. The highest BCUT2D eigenvalue weighted by molar-refractivity contribution is 5.34. The van der Waals surface area contributed by atoms with E-state index < -0.39 is 0 Å². The quantitative estimate of drug-likeness (QED) is 0.384. The molecule has 1 heteroatoms. The summed E-state index contributed by atoms with van der Waals surface area (Å²) in [4.78, 5) is 0. The van der Waals surface area contributed by atoms with E-state index in [1.807, 2.05) is 12.1 Å². The van der Waals surface area contributed by atoms with Crippen LogP contribution < -0.4 is 0 Å². The van der Waals surface area contributed by atoms with Crippen molar-refractivity contribution >= 4 is 0 Å². The molecular formula is C26H46O. The number of hydrogen-bond donors (Lipinski definition) is 1. The third-order valence-corrected chi connectivity index (χ3v) is 6.15. The van der Waals surface area contributed by atoms with Gasteiger partial charge in [-0.1, -0.05) is 105 Å². The van der Waals surface area contributed by atoms with E-state index in [0.29, 0.717) is 22.5 Å². The Labute approximate surface area is 170 Å². The highest BCUT2D eigenvalue weighted by Crippen LogP contribution is 2.43. The van der Waals surface area contributed by atoms with Gasteiger partial charge in [-0.05, 0) is 53.6 Å². The maximum atomic E-state index is 10.2. The van der Waals surface area contributed by atoms with Gasteiger partial charge in [-0.3, -0.25) is 0 Å². The maximum absolute atomic E-state index is 10.2. The Bertz CT molecular complexity index is 504. The Morgan fingerprint density at radius 3 is 1.78 bits per heavy atom. The SMILES string of the molecule is CCCC(CCCCCCCC(C(C)(C)C)C(C)(C)C)c1ccccc1O. The molecule has 0 spiro atoms. The van der Waals surface area contributed by atoms with E-state index in [1.165, 1.54) is 57.8 Å². The summed E-state index contributed by atoms with van der Waals surface area (Å²) in [6.07, 6.45) is 11.6. The van der Waals surface area contributed by atoms with Gasteiger partial charge in [0.25, 0.3) is 0 Å². The van der Waals surface area contributed by atoms with Gasteiger partial charge in [-0.25, -0.2) is 0 Å². The molecule has 0 aromatic heterocycles. The van der Waals surface area contributed by atoms with Crippen molar-refractivity contribution in [2.24, 2.45) is 16.7 Å². The number of phenols is 1. The first-order valence-electron chi connectivity index (χ1n) is 11.3. The lowest BCUT2D eigenvalue weighted by atomic mass is 9.65. The minimum Gasteiger partial charge on any atom is -0.508 e. The summed E-state index contributed by atoms with van der Waals surface area (Å²) < 4.78 is 0. The fourth-order valence-corrected chi connectivity index (χ4v) is 5.07. The van der Waals surface area contributed by atoms with Crippen LogP contribution in [0.25, 0.3) is 0 Å². The van der Waals surface area contributed by atoms with E-state index in [1.54, 1.807) is 0 Å². The minimum absolute atomic E-state index is 0.392. The monoisotopic (exact) mass is 374 g/mol. The van der Waals surface area contributed by atoms with Crippen molar-refractivity contribution in [2.45, 2.75) is 112 Å². The first-order valence-corrected chi connectivity index (χ1v) is 11.3. The molecule has 0 heterocycles. The average Bonchev–Trinajstić information content (AvgIpc) is 2.54. The van der Waals surface area contributed by atoms with Crippen LogP contribution in [0, 0.1) is 16.7 Å². The second-order valence-electron chi connectivity index (χ2n) is 10.7. The van der Waals surface area contributed by atoms with E-state index >= 15 is 0 Å². The van der Waals surface area contributed by atoms with Crippen LogP contribution in [0.4, 0.5) is 0 Å². The summed E-state index contributed by atoms with van der Waals surface area (Å²) in [5, 5.41) is 10.2. The molecule has 0 bridgehead atoms. The molecule has 0 amide bonds. The van der Waals surface area contributed by atoms with Crippen molar-refractivity contribution in [3.63, 3.8) is 0 Å². The number of hydrogen-bond acceptors (Lipinski definition) is 1. The van der Waals surface area contributed by atoms with Crippen molar-refractivity contribution in [2.75, 3.05) is 0 Å². The number of para-hydroxylation sites is 1. The molecule has 1 aromatic rings. The summed E-state index contributed by atoms with van der Waals surface area (Å²) in [6.45, 7) is 16.6. The molecule has 1 unspecified atom stereocenters. The minimum atomic E-state index is 0.392. The van der Waals surface area contributed by atoms with Crippen LogP contribution in [-0.2, 0) is 0 Å². The van der Waals surface area contributed by atoms with Gasteiger partial charge in [0.05, 0.1) is 0 Å². The molecule has 156 valence electrons. The van der Waals surface area contributed by atoms with Gasteiger partial charge in [-0.2, -0.15) is 0 Å². The van der Waals surface area contributed by atoms with E-state index in [0.717, 1.165) is 11.5 Å². The lowest BCUT2D eigenvalue weighted by Crippen LogP contribution is -2.32. The van der Waals surface area contributed by atoms with E-state index in [2.05, 4.69) is 60.6 Å². The third-order valence-electron chi connectivity index (χ3n) is 6.15. The predicted molar refractivity (Wildman–Crippen MR) is 120 cm³/mol. The largest absolute Gasteiger partial charge is 0.508 e. The molecule has 0 aliphatic carbocycles. The lowest BCUT2D eigenvalue weighted by Gasteiger charge is -2.41. The highest BCUT2D eigenvalue weighted by Gasteiger charge is 2.33. The molecule has 1 nitrogen and oxygen atoms in total. The first-order chi connectivity index (χ1) is 12.6. The average molecular weight is 375 g/mol. The van der Waals surface area contributed by atoms with Crippen molar-refractivity contribution in [3.05, 3.63) is 29.8 Å². The Morgan fingerprint density at radius 2 is 1.26 bits per heavy atom. The van der Waals surface area contributed by atoms with E-state index in [-0.39, 0.29) is 0 Å². The molecule has 1 atom stereocenters. The zero-order valence-electron chi connectivity index (χ0n) is 19.3. The molecule has 0 aliphatic heterocycles. The summed E-state index contributed by atoms with van der Waals surface area (Å²) in [6, 6.07) is 7.91. The molecular weight excluding hydrogens is 328 g/mol. The summed E-state index contributed by atoms with van der Waals surface area (Å²) >= 11 is 0. The number of unbranched alkanes of at least 4 members (excludes halogenated alkanes) is 4. The molecule has 0 aliphatic rings. The molecule has 0 radical (unpaired) electrons. The van der Waals surface area contributed by atoms with Crippen molar-refractivity contribution < 1.29 is 5.11 Å². The van der Waals surface area contributed by atoms with E-state index in [9.17, 15) is 5.11 Å². The molecule has 0 saturated heterocycles. The lowest BCUT2D eigenvalue weighted by molar-refractivity contribution is 0.0898. The second-order valence-corrected chi connectivity index (χ2v) is 10.7. The van der Waals surface area contributed by atoms with Crippen LogP contribution in [0.5, 0.6) is 5.75 Å². The molecule has 1 rings (SSSR count). The molecule has 27 heavy (non-hydrogen) atoms. The summed E-state index contributed by atoms with van der Waals surface area (Å²) in [5.41, 5.74) is 1.93. The van der Waals surface area contributed by atoms with Gasteiger partial charge >= 0.3 is 0 Å². The van der Waals surface area contributed by atoms with Crippen LogP contribution >= 0.6 is 0 Å². The van der Waals surface area contributed by atoms with Crippen molar-refractivity contribution in [3.8, 4) is 5.75 Å². The van der Waals surface area contributed by atoms with Crippen LogP contribution in [0.3, 0.4) is 0 Å². The zero-order chi connectivity index (χ0) is 20.5. The van der Waals surface area contributed by atoms with Gasteiger partial charge in [0.2, 0.25) is 0 Å². The zero-order valence-corrected chi connectivity index (χ0v) is 19.3. The third kappa shape index (κ3) is 8.71. The smallest absolute Gasteiger partial charge is 0.119 e. The molecule has 0 fully saturated rings.